The van der Waals surface area contributed by atoms with Crippen molar-refractivity contribution >= 4 is 29.1 Å². The minimum Gasteiger partial charge on any atom is -0.376 e. The molecule has 7 nitrogen and oxygen atoms in total. The first-order valence-electron chi connectivity index (χ1n) is 10.2. The van der Waals surface area contributed by atoms with Gasteiger partial charge in [-0.1, -0.05) is 19.1 Å². The maximum atomic E-state index is 12.7. The van der Waals surface area contributed by atoms with Crippen LogP contribution in [0.4, 0.5) is 11.4 Å². The second-order valence-corrected chi connectivity index (χ2v) is 7.62. The van der Waals surface area contributed by atoms with Crippen LogP contribution in [0.1, 0.15) is 40.5 Å². The van der Waals surface area contributed by atoms with Crippen LogP contribution < -0.4 is 16.0 Å². The first-order valence-corrected chi connectivity index (χ1v) is 10.2. The van der Waals surface area contributed by atoms with E-state index in [4.69, 9.17) is 0 Å². The van der Waals surface area contributed by atoms with Crippen molar-refractivity contribution in [2.45, 2.75) is 19.8 Å². The number of hydrogen-bond acceptors (Lipinski definition) is 4. The molecule has 3 amide bonds. The van der Waals surface area contributed by atoms with Crippen LogP contribution in [0.3, 0.4) is 0 Å². The van der Waals surface area contributed by atoms with Gasteiger partial charge in [0.15, 0.2) is 0 Å². The molecule has 0 saturated carbocycles. The lowest BCUT2D eigenvalue weighted by Crippen LogP contribution is -2.37. The third-order valence-electron chi connectivity index (χ3n) is 5.27. The SMILES string of the molecule is CNC(=O)c1cccc(NCC(=O)Nc2cccc(C(=O)N3CCC(C)CC3)c2)c1. The van der Waals surface area contributed by atoms with Crippen molar-refractivity contribution in [3.63, 3.8) is 0 Å². The maximum Gasteiger partial charge on any atom is 0.253 e. The molecule has 3 rings (SSSR count). The molecule has 3 N–H and O–H groups in total. The Morgan fingerprint density at radius 1 is 0.967 bits per heavy atom. The molecule has 1 saturated heterocycles. The maximum absolute atomic E-state index is 12.7. The molecule has 0 aliphatic carbocycles. The molecule has 30 heavy (non-hydrogen) atoms. The molecule has 0 radical (unpaired) electrons. The Labute approximate surface area is 176 Å². The number of carbonyl (C=O) groups excluding carboxylic acids is 3. The van der Waals surface area contributed by atoms with Gasteiger partial charge in [-0.2, -0.15) is 0 Å². The van der Waals surface area contributed by atoms with E-state index in [1.54, 1.807) is 55.6 Å². The van der Waals surface area contributed by atoms with Gasteiger partial charge in [-0.15, -0.1) is 0 Å². The predicted molar refractivity (Wildman–Crippen MR) is 118 cm³/mol. The molecule has 158 valence electrons. The Morgan fingerprint density at radius 3 is 2.30 bits per heavy atom. The van der Waals surface area contributed by atoms with E-state index in [-0.39, 0.29) is 24.3 Å². The highest BCUT2D eigenvalue weighted by atomic mass is 16.2. The van der Waals surface area contributed by atoms with E-state index >= 15 is 0 Å². The molecule has 0 bridgehead atoms. The third kappa shape index (κ3) is 5.59. The van der Waals surface area contributed by atoms with Crippen molar-refractivity contribution in [2.24, 2.45) is 5.92 Å². The third-order valence-corrected chi connectivity index (χ3v) is 5.27. The highest BCUT2D eigenvalue weighted by Crippen LogP contribution is 2.19. The molecule has 1 aliphatic rings. The Bertz CT molecular complexity index is 920. The van der Waals surface area contributed by atoms with E-state index in [2.05, 4.69) is 22.9 Å². The summed E-state index contributed by atoms with van der Waals surface area (Å²) in [6, 6.07) is 14.0. The first kappa shape index (κ1) is 21.4. The Kier molecular flexibility index (Phi) is 7.06. The number of nitrogens with zero attached hydrogens (tertiary/aromatic N) is 1. The number of anilines is 2. The predicted octanol–water partition coefficient (Wildman–Crippen LogP) is 2.97. The zero-order valence-corrected chi connectivity index (χ0v) is 17.4. The highest BCUT2D eigenvalue weighted by molar-refractivity contribution is 5.98. The van der Waals surface area contributed by atoms with Crippen molar-refractivity contribution in [1.29, 1.82) is 0 Å². The fourth-order valence-corrected chi connectivity index (χ4v) is 3.43. The summed E-state index contributed by atoms with van der Waals surface area (Å²) in [5.74, 6) is 0.232. The van der Waals surface area contributed by atoms with E-state index < -0.39 is 0 Å². The number of carbonyl (C=O) groups is 3. The van der Waals surface area contributed by atoms with E-state index in [0.717, 1.165) is 25.9 Å². The molecule has 1 fully saturated rings. The summed E-state index contributed by atoms with van der Waals surface area (Å²) in [6.45, 7) is 3.80. The van der Waals surface area contributed by atoms with Crippen LogP contribution in [0.25, 0.3) is 0 Å². The molecule has 1 aliphatic heterocycles. The summed E-state index contributed by atoms with van der Waals surface area (Å²) in [6.07, 6.45) is 2.05. The van der Waals surface area contributed by atoms with Crippen LogP contribution in [-0.4, -0.2) is 49.3 Å². The summed E-state index contributed by atoms with van der Waals surface area (Å²) in [5.41, 5.74) is 2.35. The molecule has 0 atom stereocenters. The van der Waals surface area contributed by atoms with Gasteiger partial charge in [0.2, 0.25) is 5.91 Å². The van der Waals surface area contributed by atoms with Gasteiger partial charge >= 0.3 is 0 Å². The molecule has 0 unspecified atom stereocenters. The lowest BCUT2D eigenvalue weighted by atomic mass is 9.98. The highest BCUT2D eigenvalue weighted by Gasteiger charge is 2.21. The molecule has 1 heterocycles. The second-order valence-electron chi connectivity index (χ2n) is 7.62. The summed E-state index contributed by atoms with van der Waals surface area (Å²) in [7, 11) is 1.57. The van der Waals surface area contributed by atoms with Gasteiger partial charge in [0, 0.05) is 42.6 Å². The summed E-state index contributed by atoms with van der Waals surface area (Å²) >= 11 is 0. The Balaban J connectivity index is 1.56. The molecule has 0 spiro atoms. The van der Waals surface area contributed by atoms with Crippen LogP contribution in [0.15, 0.2) is 48.5 Å². The zero-order valence-electron chi connectivity index (χ0n) is 17.4. The minimum atomic E-state index is -0.239. The van der Waals surface area contributed by atoms with Gasteiger partial charge in [-0.05, 0) is 55.2 Å². The number of likely N-dealkylation sites (tertiary alicyclic amines) is 1. The number of rotatable bonds is 6. The van der Waals surface area contributed by atoms with Gasteiger partial charge in [0.1, 0.15) is 0 Å². The van der Waals surface area contributed by atoms with E-state index in [1.165, 1.54) is 0 Å². The first-order chi connectivity index (χ1) is 14.5. The quantitative estimate of drug-likeness (QED) is 0.685. The van der Waals surface area contributed by atoms with Crippen molar-refractivity contribution in [3.05, 3.63) is 59.7 Å². The fraction of sp³-hybridized carbons (Fsp3) is 0.348. The van der Waals surface area contributed by atoms with Crippen LogP contribution in [-0.2, 0) is 4.79 Å². The largest absolute Gasteiger partial charge is 0.376 e. The number of amides is 3. The van der Waals surface area contributed by atoms with Crippen LogP contribution in [0.2, 0.25) is 0 Å². The number of hydrogen-bond donors (Lipinski definition) is 3. The lowest BCUT2D eigenvalue weighted by molar-refractivity contribution is -0.114. The molecule has 0 aromatic heterocycles. The van der Waals surface area contributed by atoms with Gasteiger partial charge in [0.25, 0.3) is 11.8 Å². The van der Waals surface area contributed by atoms with Crippen molar-refractivity contribution < 1.29 is 14.4 Å². The van der Waals surface area contributed by atoms with Gasteiger partial charge < -0.3 is 20.9 Å². The van der Waals surface area contributed by atoms with Crippen molar-refractivity contribution in [3.8, 4) is 0 Å². The summed E-state index contributed by atoms with van der Waals surface area (Å²) < 4.78 is 0. The standard InChI is InChI=1S/C23H28N4O3/c1-16-9-11-27(12-10-16)23(30)18-6-4-8-20(14-18)26-21(28)15-25-19-7-3-5-17(13-19)22(29)24-2/h3-8,13-14,16,25H,9-12,15H2,1-2H3,(H,24,29)(H,26,28). The number of nitrogens with one attached hydrogen (secondary N) is 3. The smallest absolute Gasteiger partial charge is 0.253 e. The molecule has 2 aromatic rings. The number of piperidine rings is 1. The van der Waals surface area contributed by atoms with Crippen LogP contribution in [0.5, 0.6) is 0 Å². The van der Waals surface area contributed by atoms with E-state index in [0.29, 0.717) is 28.4 Å². The Morgan fingerprint density at radius 2 is 1.60 bits per heavy atom. The van der Waals surface area contributed by atoms with E-state index in [9.17, 15) is 14.4 Å². The summed E-state index contributed by atoms with van der Waals surface area (Å²) in [5, 5.41) is 8.39. The number of benzene rings is 2. The molecule has 7 heteroatoms. The molecular weight excluding hydrogens is 380 g/mol. The second kappa shape index (κ2) is 9.91. The van der Waals surface area contributed by atoms with Gasteiger partial charge in [0.05, 0.1) is 6.54 Å². The Hall–Kier alpha value is -3.35. The molecular formula is C23H28N4O3. The average Bonchev–Trinajstić information content (AvgIpc) is 2.77. The van der Waals surface area contributed by atoms with Crippen molar-refractivity contribution in [2.75, 3.05) is 37.3 Å². The van der Waals surface area contributed by atoms with Crippen LogP contribution >= 0.6 is 0 Å². The monoisotopic (exact) mass is 408 g/mol. The van der Waals surface area contributed by atoms with Crippen LogP contribution in [0, 0.1) is 5.92 Å². The van der Waals surface area contributed by atoms with Gasteiger partial charge in [-0.25, -0.2) is 0 Å². The van der Waals surface area contributed by atoms with Gasteiger partial charge in [-0.3, -0.25) is 14.4 Å². The van der Waals surface area contributed by atoms with Crippen molar-refractivity contribution in [1.82, 2.24) is 10.2 Å². The summed E-state index contributed by atoms with van der Waals surface area (Å²) in [4.78, 5) is 38.7. The fourth-order valence-electron chi connectivity index (χ4n) is 3.43. The minimum absolute atomic E-state index is 0.00198. The normalized spacial score (nSPS) is 14.1. The zero-order chi connectivity index (χ0) is 21.5. The van der Waals surface area contributed by atoms with E-state index in [1.807, 2.05) is 4.90 Å². The lowest BCUT2D eigenvalue weighted by Gasteiger charge is -2.30. The topological polar surface area (TPSA) is 90.5 Å². The average molecular weight is 409 g/mol. The molecule has 2 aromatic carbocycles.